The molecule has 0 spiro atoms. The van der Waals surface area contributed by atoms with E-state index in [2.05, 4.69) is 15.3 Å². The molecule has 0 atom stereocenters. The third-order valence-corrected chi connectivity index (χ3v) is 8.77. The van der Waals surface area contributed by atoms with Gasteiger partial charge in [-0.05, 0) is 83.6 Å². The molecule has 0 saturated carbocycles. The maximum absolute atomic E-state index is 13.5. The van der Waals surface area contributed by atoms with Gasteiger partial charge in [-0.2, -0.15) is 0 Å². The average Bonchev–Trinajstić information content (AvgIpc) is 3.49. The number of hydrogen-bond acceptors (Lipinski definition) is 7. The van der Waals surface area contributed by atoms with Gasteiger partial charge in [0, 0.05) is 29.5 Å². The van der Waals surface area contributed by atoms with Crippen LogP contribution in [0.4, 0.5) is 21.3 Å². The van der Waals surface area contributed by atoms with Crippen molar-refractivity contribution in [1.29, 1.82) is 0 Å². The number of nitrogens with one attached hydrogen (secondary N) is 1. The summed E-state index contributed by atoms with van der Waals surface area (Å²) in [6.07, 6.45) is 1.66. The van der Waals surface area contributed by atoms with Gasteiger partial charge in [0.2, 0.25) is 0 Å². The smallest absolute Gasteiger partial charge is 0.354 e. The number of pyridine rings is 1. The highest BCUT2D eigenvalue weighted by Gasteiger charge is 2.24. The Kier molecular flexibility index (Phi) is 7.78. The second-order valence-electron chi connectivity index (χ2n) is 11.0. The number of ether oxygens (including phenoxy) is 1. The van der Waals surface area contributed by atoms with Crippen molar-refractivity contribution in [3.63, 3.8) is 0 Å². The van der Waals surface area contributed by atoms with Crippen LogP contribution in [0.15, 0.2) is 103 Å². The van der Waals surface area contributed by atoms with Gasteiger partial charge in [-0.1, -0.05) is 59.9 Å². The van der Waals surface area contributed by atoms with E-state index in [0.717, 1.165) is 45.4 Å². The highest BCUT2D eigenvalue weighted by molar-refractivity contribution is 7.22. The lowest BCUT2D eigenvalue weighted by atomic mass is 9.96. The SMILES string of the molecule is Nc1cccc(OCc2cccc(-c3cc(C(=O)O)nc(-c4ccc5c(c4)N(C(=O)Nc4nc6ccccc6s4)CCC5)c3)c2)c1. The van der Waals surface area contributed by atoms with Crippen LogP contribution in [0.2, 0.25) is 0 Å². The molecular formula is C36H29N5O4S. The second-order valence-corrected chi connectivity index (χ2v) is 12.0. The number of urea groups is 1. The Balaban J connectivity index is 1.18. The number of carbonyl (C=O) groups excluding carboxylic acids is 1. The van der Waals surface area contributed by atoms with Crippen LogP contribution in [0.25, 0.3) is 32.6 Å². The molecule has 9 nitrogen and oxygen atoms in total. The number of nitrogens with zero attached hydrogens (tertiary/aromatic N) is 3. The summed E-state index contributed by atoms with van der Waals surface area (Å²) in [4.78, 5) is 36.4. The molecule has 0 bridgehead atoms. The number of nitrogens with two attached hydrogens (primary N) is 1. The predicted molar refractivity (Wildman–Crippen MR) is 182 cm³/mol. The summed E-state index contributed by atoms with van der Waals surface area (Å²) in [6.45, 7) is 0.867. The predicted octanol–water partition coefficient (Wildman–Crippen LogP) is 7.87. The van der Waals surface area contributed by atoms with Gasteiger partial charge < -0.3 is 15.6 Å². The summed E-state index contributed by atoms with van der Waals surface area (Å²) in [6, 6.07) is 31.8. The first-order chi connectivity index (χ1) is 22.4. The van der Waals surface area contributed by atoms with Crippen molar-refractivity contribution >= 4 is 50.1 Å². The lowest BCUT2D eigenvalue weighted by Crippen LogP contribution is -2.38. The molecule has 4 aromatic carbocycles. The molecular weight excluding hydrogens is 598 g/mol. The van der Waals surface area contributed by atoms with E-state index in [4.69, 9.17) is 10.5 Å². The highest BCUT2D eigenvalue weighted by atomic mass is 32.1. The molecule has 6 aromatic rings. The standard InChI is InChI=1S/C36H29N5O4S/c37-27-9-4-10-28(20-27)45-21-22-6-3-7-24(16-22)26-17-30(38-31(18-26)34(42)43)25-14-13-23-8-5-15-41(32(23)19-25)36(44)40-35-39-29-11-1-2-12-33(29)46-35/h1-4,6-7,9-14,16-20H,5,8,15,21,37H2,(H,42,43)(H,39,40,44). The van der Waals surface area contributed by atoms with E-state index in [-0.39, 0.29) is 11.7 Å². The molecule has 0 fully saturated rings. The zero-order valence-electron chi connectivity index (χ0n) is 24.6. The minimum Gasteiger partial charge on any atom is -0.489 e. The van der Waals surface area contributed by atoms with Gasteiger partial charge in [0.15, 0.2) is 5.13 Å². The van der Waals surface area contributed by atoms with Gasteiger partial charge in [-0.15, -0.1) is 0 Å². The molecule has 3 heterocycles. The van der Waals surface area contributed by atoms with Crippen LogP contribution in [-0.4, -0.2) is 33.6 Å². The molecule has 0 unspecified atom stereocenters. The molecule has 10 heteroatoms. The lowest BCUT2D eigenvalue weighted by Gasteiger charge is -2.29. The topological polar surface area (TPSA) is 131 Å². The Morgan fingerprint density at radius 3 is 2.61 bits per heavy atom. The van der Waals surface area contributed by atoms with Crippen LogP contribution in [0, 0.1) is 0 Å². The number of para-hydroxylation sites is 1. The van der Waals surface area contributed by atoms with Crippen molar-refractivity contribution in [2.24, 2.45) is 0 Å². The number of aryl methyl sites for hydroxylation is 1. The van der Waals surface area contributed by atoms with Crippen LogP contribution >= 0.6 is 11.3 Å². The van der Waals surface area contributed by atoms with E-state index in [1.807, 2.05) is 84.9 Å². The summed E-state index contributed by atoms with van der Waals surface area (Å²) < 4.78 is 6.93. The number of fused-ring (bicyclic) bond motifs is 2. The van der Waals surface area contributed by atoms with Crippen molar-refractivity contribution in [3.8, 4) is 28.1 Å². The summed E-state index contributed by atoms with van der Waals surface area (Å²) in [5.74, 6) is -0.459. The number of carboxylic acid groups (broad SMARTS) is 1. The number of thiazole rings is 1. The van der Waals surface area contributed by atoms with Crippen molar-refractivity contribution in [3.05, 3.63) is 120 Å². The minimum absolute atomic E-state index is 0.0722. The van der Waals surface area contributed by atoms with Crippen LogP contribution in [0.5, 0.6) is 5.75 Å². The van der Waals surface area contributed by atoms with Gasteiger partial charge in [0.05, 0.1) is 15.9 Å². The number of carboxylic acids is 1. The third-order valence-electron chi connectivity index (χ3n) is 7.82. The Labute approximate surface area is 268 Å². The van der Waals surface area contributed by atoms with E-state index in [1.54, 1.807) is 23.1 Å². The minimum atomic E-state index is -1.13. The zero-order valence-corrected chi connectivity index (χ0v) is 25.5. The first-order valence-electron chi connectivity index (χ1n) is 14.8. The maximum atomic E-state index is 13.5. The fraction of sp³-hybridized carbons (Fsp3) is 0.111. The van der Waals surface area contributed by atoms with Crippen molar-refractivity contribution in [2.75, 3.05) is 22.5 Å². The maximum Gasteiger partial charge on any atom is 0.354 e. The van der Waals surface area contributed by atoms with E-state index < -0.39 is 5.97 Å². The molecule has 2 aromatic heterocycles. The number of carbonyl (C=O) groups is 2. The molecule has 1 aliphatic rings. The van der Waals surface area contributed by atoms with E-state index in [9.17, 15) is 14.7 Å². The summed E-state index contributed by atoms with van der Waals surface area (Å²) in [7, 11) is 0. The van der Waals surface area contributed by atoms with Gasteiger partial charge in [-0.3, -0.25) is 10.2 Å². The van der Waals surface area contributed by atoms with Gasteiger partial charge in [0.25, 0.3) is 0 Å². The first kappa shape index (κ1) is 29.0. The van der Waals surface area contributed by atoms with Crippen LogP contribution in [-0.2, 0) is 13.0 Å². The van der Waals surface area contributed by atoms with Gasteiger partial charge >= 0.3 is 12.0 Å². The van der Waals surface area contributed by atoms with Crippen molar-refractivity contribution < 1.29 is 19.4 Å². The molecule has 0 aliphatic carbocycles. The van der Waals surface area contributed by atoms with Crippen LogP contribution < -0.4 is 20.7 Å². The second kappa shape index (κ2) is 12.3. The average molecular weight is 628 g/mol. The fourth-order valence-corrected chi connectivity index (χ4v) is 6.45. The van der Waals surface area contributed by atoms with E-state index in [1.165, 1.54) is 11.3 Å². The van der Waals surface area contributed by atoms with Gasteiger partial charge in [-0.25, -0.2) is 19.6 Å². The molecule has 0 radical (unpaired) electrons. The fourth-order valence-electron chi connectivity index (χ4n) is 5.60. The third kappa shape index (κ3) is 6.11. The Morgan fingerprint density at radius 1 is 0.891 bits per heavy atom. The van der Waals surface area contributed by atoms with Gasteiger partial charge in [0.1, 0.15) is 18.1 Å². The first-order valence-corrected chi connectivity index (χ1v) is 15.6. The monoisotopic (exact) mass is 627 g/mol. The number of aromatic carboxylic acids is 1. The largest absolute Gasteiger partial charge is 0.489 e. The number of amides is 2. The Hall–Kier alpha value is -5.74. The molecule has 7 rings (SSSR count). The van der Waals surface area contributed by atoms with E-state index >= 15 is 0 Å². The zero-order chi connectivity index (χ0) is 31.6. The number of rotatable bonds is 7. The molecule has 46 heavy (non-hydrogen) atoms. The van der Waals surface area contributed by atoms with Crippen LogP contribution in [0.3, 0.4) is 0 Å². The van der Waals surface area contributed by atoms with Crippen LogP contribution in [0.1, 0.15) is 28.0 Å². The number of nitrogen functional groups attached to an aromatic ring is 1. The number of hydrogen-bond donors (Lipinski definition) is 3. The molecule has 2 amide bonds. The summed E-state index contributed by atoms with van der Waals surface area (Å²) >= 11 is 1.43. The normalized spacial score (nSPS) is 12.5. The summed E-state index contributed by atoms with van der Waals surface area (Å²) in [5, 5.41) is 13.5. The Morgan fingerprint density at radius 2 is 1.76 bits per heavy atom. The van der Waals surface area contributed by atoms with E-state index in [0.29, 0.717) is 46.5 Å². The highest BCUT2D eigenvalue weighted by Crippen LogP contribution is 2.35. The summed E-state index contributed by atoms with van der Waals surface area (Å²) in [5.41, 5.74) is 12.7. The number of aromatic nitrogens is 2. The number of anilines is 3. The lowest BCUT2D eigenvalue weighted by molar-refractivity contribution is 0.0690. The molecule has 228 valence electrons. The molecule has 4 N–H and O–H groups in total. The molecule has 1 aliphatic heterocycles. The van der Waals surface area contributed by atoms with Crippen molar-refractivity contribution in [1.82, 2.24) is 9.97 Å². The number of benzene rings is 4. The molecule has 0 saturated heterocycles. The Bertz CT molecular complexity index is 2080. The van der Waals surface area contributed by atoms with Crippen molar-refractivity contribution in [2.45, 2.75) is 19.4 Å². The quantitative estimate of drug-likeness (QED) is 0.154.